The van der Waals surface area contributed by atoms with Crippen LogP contribution in [0.25, 0.3) is 0 Å². The molecular formula is C14H15BrN2O4. The SMILES string of the molecule is CC(C)Cc1noc(COc2ccc(Br)cc2C(=O)O)n1. The zero-order valence-electron chi connectivity index (χ0n) is 11.7. The van der Waals surface area contributed by atoms with E-state index in [9.17, 15) is 4.79 Å². The van der Waals surface area contributed by atoms with Gasteiger partial charge in [-0.2, -0.15) is 4.98 Å². The minimum absolute atomic E-state index is 0.0347. The smallest absolute Gasteiger partial charge is 0.339 e. The van der Waals surface area contributed by atoms with Crippen molar-refractivity contribution in [2.24, 2.45) is 5.92 Å². The highest BCUT2D eigenvalue weighted by Gasteiger charge is 2.14. The zero-order valence-corrected chi connectivity index (χ0v) is 13.3. The first-order valence-electron chi connectivity index (χ1n) is 6.43. The van der Waals surface area contributed by atoms with Gasteiger partial charge in [0.2, 0.25) is 0 Å². The first-order valence-corrected chi connectivity index (χ1v) is 7.22. The summed E-state index contributed by atoms with van der Waals surface area (Å²) in [6.07, 6.45) is 0.724. The number of ether oxygens (including phenoxy) is 1. The number of hydrogen-bond acceptors (Lipinski definition) is 5. The number of aromatic carboxylic acids is 1. The van der Waals surface area contributed by atoms with Gasteiger partial charge in [0.25, 0.3) is 5.89 Å². The molecule has 112 valence electrons. The molecule has 6 nitrogen and oxygen atoms in total. The number of benzene rings is 1. The van der Waals surface area contributed by atoms with Crippen LogP contribution in [0.2, 0.25) is 0 Å². The summed E-state index contributed by atoms with van der Waals surface area (Å²) in [5.41, 5.74) is 0.0753. The van der Waals surface area contributed by atoms with Crippen molar-refractivity contribution in [2.45, 2.75) is 26.9 Å². The molecule has 1 aromatic carbocycles. The van der Waals surface area contributed by atoms with Gasteiger partial charge in [-0.15, -0.1) is 0 Å². The Bertz CT molecular complexity index is 640. The minimum Gasteiger partial charge on any atom is -0.483 e. The predicted molar refractivity (Wildman–Crippen MR) is 78.3 cm³/mol. The van der Waals surface area contributed by atoms with Crippen molar-refractivity contribution >= 4 is 21.9 Å². The second-order valence-corrected chi connectivity index (χ2v) is 5.85. The average molecular weight is 355 g/mol. The van der Waals surface area contributed by atoms with Gasteiger partial charge in [-0.25, -0.2) is 4.79 Å². The van der Waals surface area contributed by atoms with Gasteiger partial charge in [-0.3, -0.25) is 0 Å². The lowest BCUT2D eigenvalue weighted by molar-refractivity contribution is 0.0691. The highest BCUT2D eigenvalue weighted by Crippen LogP contribution is 2.24. The second kappa shape index (κ2) is 6.71. The number of hydrogen-bond donors (Lipinski definition) is 1. The van der Waals surface area contributed by atoms with Crippen LogP contribution in [0.5, 0.6) is 5.75 Å². The monoisotopic (exact) mass is 354 g/mol. The fourth-order valence-corrected chi connectivity index (χ4v) is 2.09. The summed E-state index contributed by atoms with van der Waals surface area (Å²) < 4.78 is 11.2. The van der Waals surface area contributed by atoms with E-state index in [0.29, 0.717) is 22.1 Å². The Morgan fingerprint density at radius 1 is 1.48 bits per heavy atom. The fourth-order valence-electron chi connectivity index (χ4n) is 1.73. The van der Waals surface area contributed by atoms with Crippen LogP contribution in [-0.4, -0.2) is 21.2 Å². The summed E-state index contributed by atoms with van der Waals surface area (Å²) in [5, 5.41) is 13.0. The Balaban J connectivity index is 2.06. The van der Waals surface area contributed by atoms with Crippen molar-refractivity contribution in [1.29, 1.82) is 0 Å². The Morgan fingerprint density at radius 3 is 2.90 bits per heavy atom. The van der Waals surface area contributed by atoms with Crippen LogP contribution >= 0.6 is 15.9 Å². The van der Waals surface area contributed by atoms with Crippen LogP contribution in [-0.2, 0) is 13.0 Å². The molecular weight excluding hydrogens is 340 g/mol. The molecule has 0 radical (unpaired) electrons. The Kier molecular flexibility index (Phi) is 4.95. The molecule has 0 aliphatic rings. The van der Waals surface area contributed by atoms with Crippen LogP contribution in [0, 0.1) is 5.92 Å². The van der Waals surface area contributed by atoms with E-state index < -0.39 is 5.97 Å². The van der Waals surface area contributed by atoms with Gasteiger partial charge in [0.15, 0.2) is 12.4 Å². The molecule has 0 spiro atoms. The minimum atomic E-state index is -1.06. The van der Waals surface area contributed by atoms with Crippen molar-refractivity contribution in [3.05, 3.63) is 40.0 Å². The number of halogens is 1. The van der Waals surface area contributed by atoms with Gasteiger partial charge in [0.1, 0.15) is 11.3 Å². The fraction of sp³-hybridized carbons (Fsp3) is 0.357. The van der Waals surface area contributed by atoms with Gasteiger partial charge in [-0.1, -0.05) is 34.9 Å². The van der Waals surface area contributed by atoms with Crippen LogP contribution in [0.4, 0.5) is 0 Å². The van der Waals surface area contributed by atoms with Crippen molar-refractivity contribution in [1.82, 2.24) is 10.1 Å². The second-order valence-electron chi connectivity index (χ2n) is 4.94. The molecule has 2 aromatic rings. The average Bonchev–Trinajstić information content (AvgIpc) is 2.83. The molecule has 2 rings (SSSR count). The van der Waals surface area contributed by atoms with Gasteiger partial charge >= 0.3 is 5.97 Å². The van der Waals surface area contributed by atoms with Crippen LogP contribution in [0.3, 0.4) is 0 Å². The number of carboxylic acid groups (broad SMARTS) is 1. The largest absolute Gasteiger partial charge is 0.483 e. The van der Waals surface area contributed by atoms with Gasteiger partial charge in [0, 0.05) is 10.9 Å². The molecule has 0 saturated heterocycles. The van der Waals surface area contributed by atoms with E-state index in [4.69, 9.17) is 14.4 Å². The molecule has 7 heteroatoms. The topological polar surface area (TPSA) is 85.5 Å². The third-order valence-corrected chi connectivity index (χ3v) is 3.12. The third kappa shape index (κ3) is 4.29. The molecule has 0 aliphatic carbocycles. The molecule has 0 bridgehead atoms. The highest BCUT2D eigenvalue weighted by molar-refractivity contribution is 9.10. The summed E-state index contributed by atoms with van der Waals surface area (Å²) in [6.45, 7) is 4.16. The Labute approximate surface area is 130 Å². The van der Waals surface area contributed by atoms with Crippen molar-refractivity contribution in [2.75, 3.05) is 0 Å². The maximum Gasteiger partial charge on any atom is 0.339 e. The van der Waals surface area contributed by atoms with E-state index in [0.717, 1.165) is 6.42 Å². The van der Waals surface area contributed by atoms with E-state index in [1.807, 2.05) is 0 Å². The molecule has 0 aliphatic heterocycles. The first-order chi connectivity index (χ1) is 9.95. The Hall–Kier alpha value is -1.89. The van der Waals surface area contributed by atoms with Crippen LogP contribution in [0.1, 0.15) is 35.9 Å². The number of aromatic nitrogens is 2. The van der Waals surface area contributed by atoms with Gasteiger partial charge in [-0.05, 0) is 24.1 Å². The standard InChI is InChI=1S/C14H15BrN2O4/c1-8(2)5-12-16-13(21-17-12)7-20-11-4-3-9(15)6-10(11)14(18)19/h3-4,6,8H,5,7H2,1-2H3,(H,18,19). The van der Waals surface area contributed by atoms with E-state index in [1.54, 1.807) is 12.1 Å². The van der Waals surface area contributed by atoms with Crippen molar-refractivity contribution in [3.63, 3.8) is 0 Å². The lowest BCUT2D eigenvalue weighted by Crippen LogP contribution is -2.04. The predicted octanol–water partition coefficient (Wildman–Crippen LogP) is 3.31. The molecule has 1 heterocycles. The number of carbonyl (C=O) groups is 1. The maximum atomic E-state index is 11.2. The lowest BCUT2D eigenvalue weighted by Gasteiger charge is -2.07. The first kappa shape index (κ1) is 15.5. The normalized spacial score (nSPS) is 10.9. The number of rotatable bonds is 6. The van der Waals surface area contributed by atoms with E-state index in [-0.39, 0.29) is 17.9 Å². The molecule has 0 saturated carbocycles. The van der Waals surface area contributed by atoms with E-state index in [2.05, 4.69) is 39.9 Å². The number of carboxylic acids is 1. The molecule has 21 heavy (non-hydrogen) atoms. The van der Waals surface area contributed by atoms with E-state index >= 15 is 0 Å². The van der Waals surface area contributed by atoms with E-state index in [1.165, 1.54) is 6.07 Å². The molecule has 1 N–H and O–H groups in total. The van der Waals surface area contributed by atoms with Gasteiger partial charge in [0.05, 0.1) is 0 Å². The lowest BCUT2D eigenvalue weighted by atomic mass is 10.1. The summed E-state index contributed by atoms with van der Waals surface area (Å²) in [5.74, 6) is 0.580. The third-order valence-electron chi connectivity index (χ3n) is 2.62. The summed E-state index contributed by atoms with van der Waals surface area (Å²) >= 11 is 3.23. The number of nitrogens with zero attached hydrogens (tertiary/aromatic N) is 2. The zero-order chi connectivity index (χ0) is 15.4. The summed E-state index contributed by atoms with van der Waals surface area (Å²) in [7, 11) is 0. The van der Waals surface area contributed by atoms with Crippen molar-refractivity contribution in [3.8, 4) is 5.75 Å². The van der Waals surface area contributed by atoms with Crippen LogP contribution in [0.15, 0.2) is 27.2 Å². The molecule has 0 unspecified atom stereocenters. The summed E-state index contributed by atoms with van der Waals surface area (Å²) in [4.78, 5) is 15.4. The maximum absolute atomic E-state index is 11.2. The Morgan fingerprint density at radius 2 is 2.24 bits per heavy atom. The molecule has 1 aromatic heterocycles. The summed E-state index contributed by atoms with van der Waals surface area (Å²) in [6, 6.07) is 4.77. The molecule has 0 amide bonds. The highest BCUT2D eigenvalue weighted by atomic mass is 79.9. The van der Waals surface area contributed by atoms with Crippen LogP contribution < -0.4 is 4.74 Å². The van der Waals surface area contributed by atoms with Crippen molar-refractivity contribution < 1.29 is 19.2 Å². The molecule has 0 atom stereocenters. The van der Waals surface area contributed by atoms with Gasteiger partial charge < -0.3 is 14.4 Å². The quantitative estimate of drug-likeness (QED) is 0.856. The molecule has 0 fully saturated rings.